The molecular weight excluding hydrogens is 460 g/mol. The zero-order valence-electron chi connectivity index (χ0n) is 18.2. The van der Waals surface area contributed by atoms with Gasteiger partial charge in [-0.2, -0.15) is 0 Å². The highest BCUT2D eigenvalue weighted by Crippen LogP contribution is 2.37. The molecule has 9 heteroatoms. The van der Waals surface area contributed by atoms with Crippen molar-refractivity contribution in [2.75, 3.05) is 5.32 Å². The van der Waals surface area contributed by atoms with Gasteiger partial charge in [-0.3, -0.25) is 14.5 Å². The second-order valence-electron chi connectivity index (χ2n) is 7.71. The molecule has 0 saturated carbocycles. The predicted molar refractivity (Wildman–Crippen MR) is 128 cm³/mol. The number of imide groups is 1. The van der Waals surface area contributed by atoms with E-state index >= 15 is 0 Å². The molecule has 4 rings (SSSR count). The number of amides is 2. The van der Waals surface area contributed by atoms with Crippen LogP contribution in [0.4, 0.5) is 5.69 Å². The fourth-order valence-corrected chi connectivity index (χ4v) is 4.52. The van der Waals surface area contributed by atoms with E-state index in [1.807, 2.05) is 26.8 Å². The smallest absolute Gasteiger partial charge is 0.278 e. The minimum absolute atomic E-state index is 0.0310. The van der Waals surface area contributed by atoms with E-state index < -0.39 is 11.8 Å². The van der Waals surface area contributed by atoms with Crippen molar-refractivity contribution < 1.29 is 14.7 Å². The lowest BCUT2D eigenvalue weighted by molar-refractivity contribution is -0.137. The van der Waals surface area contributed by atoms with Gasteiger partial charge in [0.2, 0.25) is 0 Å². The maximum absolute atomic E-state index is 13.4. The van der Waals surface area contributed by atoms with Crippen molar-refractivity contribution in [3.8, 4) is 5.75 Å². The second kappa shape index (κ2) is 9.25. The molecule has 2 N–H and O–H groups in total. The van der Waals surface area contributed by atoms with Crippen molar-refractivity contribution in [1.29, 1.82) is 0 Å². The van der Waals surface area contributed by atoms with Gasteiger partial charge >= 0.3 is 0 Å². The Kier molecular flexibility index (Phi) is 6.40. The third-order valence-corrected chi connectivity index (χ3v) is 6.15. The summed E-state index contributed by atoms with van der Waals surface area (Å²) in [6.45, 7) is 5.63. The molecule has 0 unspecified atom stereocenters. The van der Waals surface area contributed by atoms with E-state index in [4.69, 9.17) is 11.6 Å². The molecule has 1 aliphatic rings. The minimum Gasteiger partial charge on any atom is -0.506 e. The SMILES string of the molecule is Cc1ccc(O)c(NC2=C(Sc3nc(C)cc(C)n3)C(=O)N(Cc3ccc(Cl)cc3)C2=O)c1. The number of nitrogens with zero attached hydrogens (tertiary/aromatic N) is 3. The van der Waals surface area contributed by atoms with Gasteiger partial charge in [-0.1, -0.05) is 29.8 Å². The van der Waals surface area contributed by atoms with Crippen LogP contribution in [0.1, 0.15) is 22.5 Å². The summed E-state index contributed by atoms with van der Waals surface area (Å²) in [6.07, 6.45) is 0. The first kappa shape index (κ1) is 22.8. The van der Waals surface area contributed by atoms with Crippen molar-refractivity contribution in [1.82, 2.24) is 14.9 Å². The molecule has 0 fully saturated rings. The maximum Gasteiger partial charge on any atom is 0.278 e. The number of anilines is 1. The summed E-state index contributed by atoms with van der Waals surface area (Å²) in [4.78, 5) is 36.8. The number of thioether (sulfide) groups is 1. The standard InChI is InChI=1S/C24H21ClN4O3S/c1-13-4-9-19(30)18(10-13)28-20-21(33-24-26-14(2)11-15(3)27-24)23(32)29(22(20)31)12-16-5-7-17(25)8-6-16/h4-11,28,30H,12H2,1-3H3. The summed E-state index contributed by atoms with van der Waals surface area (Å²) in [6, 6.07) is 13.8. The van der Waals surface area contributed by atoms with E-state index in [-0.39, 0.29) is 22.9 Å². The fourth-order valence-electron chi connectivity index (χ4n) is 3.39. The summed E-state index contributed by atoms with van der Waals surface area (Å²) in [5.41, 5.74) is 3.56. The van der Waals surface area contributed by atoms with E-state index in [0.717, 1.165) is 39.2 Å². The average Bonchev–Trinajstić information content (AvgIpc) is 2.96. The number of hydrogen-bond acceptors (Lipinski definition) is 7. The van der Waals surface area contributed by atoms with Gasteiger partial charge in [0.15, 0.2) is 5.16 Å². The van der Waals surface area contributed by atoms with Crippen molar-refractivity contribution in [3.05, 3.63) is 86.7 Å². The number of phenolic OH excluding ortho intramolecular Hbond substituents is 1. The van der Waals surface area contributed by atoms with Crippen LogP contribution in [0.5, 0.6) is 5.75 Å². The van der Waals surface area contributed by atoms with E-state index in [1.54, 1.807) is 36.4 Å². The lowest BCUT2D eigenvalue weighted by Gasteiger charge is -2.15. The normalized spacial score (nSPS) is 13.8. The van der Waals surface area contributed by atoms with Crippen LogP contribution in [-0.4, -0.2) is 31.8 Å². The Hall–Kier alpha value is -3.36. The number of rotatable bonds is 6. The van der Waals surface area contributed by atoms with E-state index in [9.17, 15) is 14.7 Å². The van der Waals surface area contributed by atoms with Crippen molar-refractivity contribution in [2.45, 2.75) is 32.5 Å². The van der Waals surface area contributed by atoms with Crippen LogP contribution >= 0.6 is 23.4 Å². The van der Waals surface area contributed by atoms with Crippen molar-refractivity contribution in [2.24, 2.45) is 0 Å². The largest absolute Gasteiger partial charge is 0.506 e. The molecule has 7 nitrogen and oxygen atoms in total. The van der Waals surface area contributed by atoms with Gasteiger partial charge in [-0.05, 0) is 74.0 Å². The van der Waals surface area contributed by atoms with Gasteiger partial charge in [0.05, 0.1) is 12.2 Å². The Labute approximate surface area is 200 Å². The molecule has 0 spiro atoms. The van der Waals surface area contributed by atoms with Crippen LogP contribution in [0, 0.1) is 20.8 Å². The van der Waals surface area contributed by atoms with Crippen LogP contribution < -0.4 is 5.32 Å². The predicted octanol–water partition coefficient (Wildman–Crippen LogP) is 4.75. The molecule has 0 radical (unpaired) electrons. The van der Waals surface area contributed by atoms with Crippen LogP contribution in [0.25, 0.3) is 0 Å². The Morgan fingerprint density at radius 2 is 1.64 bits per heavy atom. The first-order valence-corrected chi connectivity index (χ1v) is 11.3. The van der Waals surface area contributed by atoms with Crippen LogP contribution in [0.15, 0.2) is 64.3 Å². The van der Waals surface area contributed by atoms with Gasteiger partial charge < -0.3 is 10.4 Å². The highest BCUT2D eigenvalue weighted by atomic mass is 35.5. The Morgan fingerprint density at radius 1 is 0.970 bits per heavy atom. The van der Waals surface area contributed by atoms with Gasteiger partial charge in [0, 0.05) is 16.4 Å². The second-order valence-corrected chi connectivity index (χ2v) is 9.12. The summed E-state index contributed by atoms with van der Waals surface area (Å²) in [5, 5.41) is 14.2. The van der Waals surface area contributed by atoms with Crippen LogP contribution in [-0.2, 0) is 16.1 Å². The fraction of sp³-hybridized carbons (Fsp3) is 0.167. The number of aryl methyl sites for hydroxylation is 3. The molecule has 33 heavy (non-hydrogen) atoms. The molecular formula is C24H21ClN4O3S. The molecule has 168 valence electrons. The van der Waals surface area contributed by atoms with Crippen molar-refractivity contribution >= 4 is 40.9 Å². The molecule has 1 aromatic heterocycles. The lowest BCUT2D eigenvalue weighted by Crippen LogP contribution is -2.31. The number of phenols is 1. The molecule has 0 aliphatic carbocycles. The van der Waals surface area contributed by atoms with Gasteiger partial charge in [-0.15, -0.1) is 0 Å². The summed E-state index contributed by atoms with van der Waals surface area (Å²) >= 11 is 6.98. The third kappa shape index (κ3) is 5.02. The van der Waals surface area contributed by atoms with E-state index in [0.29, 0.717) is 15.9 Å². The first-order chi connectivity index (χ1) is 15.7. The summed E-state index contributed by atoms with van der Waals surface area (Å²) < 4.78 is 0. The number of carbonyl (C=O) groups excluding carboxylic acids is 2. The average molecular weight is 481 g/mol. The highest BCUT2D eigenvalue weighted by molar-refractivity contribution is 8.04. The highest BCUT2D eigenvalue weighted by Gasteiger charge is 2.40. The summed E-state index contributed by atoms with van der Waals surface area (Å²) in [7, 11) is 0. The zero-order valence-corrected chi connectivity index (χ0v) is 19.8. The first-order valence-electron chi connectivity index (χ1n) is 10.1. The Morgan fingerprint density at radius 3 is 2.30 bits per heavy atom. The number of hydrogen-bond donors (Lipinski definition) is 2. The molecule has 2 aromatic carbocycles. The van der Waals surface area contributed by atoms with Gasteiger partial charge in [0.25, 0.3) is 11.8 Å². The molecule has 3 aromatic rings. The quantitative estimate of drug-likeness (QED) is 0.298. The number of halogens is 1. The number of aromatic nitrogens is 2. The number of nitrogens with one attached hydrogen (secondary N) is 1. The molecule has 0 bridgehead atoms. The molecule has 2 amide bonds. The maximum atomic E-state index is 13.4. The monoisotopic (exact) mass is 480 g/mol. The summed E-state index contributed by atoms with van der Waals surface area (Å²) in [5.74, 6) is -0.989. The van der Waals surface area contributed by atoms with Gasteiger partial charge in [0.1, 0.15) is 16.4 Å². The third-order valence-electron chi connectivity index (χ3n) is 4.95. The van der Waals surface area contributed by atoms with Gasteiger partial charge in [-0.25, -0.2) is 9.97 Å². The minimum atomic E-state index is -0.497. The molecule has 1 aliphatic heterocycles. The van der Waals surface area contributed by atoms with Crippen molar-refractivity contribution in [3.63, 3.8) is 0 Å². The van der Waals surface area contributed by atoms with Crippen LogP contribution in [0.3, 0.4) is 0 Å². The number of benzene rings is 2. The van der Waals surface area contributed by atoms with E-state index in [2.05, 4.69) is 15.3 Å². The molecule has 0 atom stereocenters. The zero-order chi connectivity index (χ0) is 23.7. The van der Waals surface area contributed by atoms with Crippen LogP contribution in [0.2, 0.25) is 5.02 Å². The lowest BCUT2D eigenvalue weighted by atomic mass is 10.2. The van der Waals surface area contributed by atoms with E-state index in [1.165, 1.54) is 6.07 Å². The number of carbonyl (C=O) groups is 2. The topological polar surface area (TPSA) is 95.4 Å². The number of aromatic hydroxyl groups is 1. The Balaban J connectivity index is 1.72. The Bertz CT molecular complexity index is 1270. The molecule has 0 saturated heterocycles. The molecule has 2 heterocycles.